The Hall–Kier alpha value is -2.07. The van der Waals surface area contributed by atoms with Crippen molar-refractivity contribution in [3.63, 3.8) is 0 Å². The number of ether oxygens (including phenoxy) is 2. The van der Waals surface area contributed by atoms with E-state index in [-0.39, 0.29) is 5.56 Å². The summed E-state index contributed by atoms with van der Waals surface area (Å²) in [6.07, 6.45) is 0. The van der Waals surface area contributed by atoms with Gasteiger partial charge in [0.1, 0.15) is 13.2 Å². The van der Waals surface area contributed by atoms with Gasteiger partial charge in [-0.1, -0.05) is 0 Å². The topological polar surface area (TPSA) is 88.4 Å². The van der Waals surface area contributed by atoms with E-state index < -0.39 is 17.6 Å². The monoisotopic (exact) mass is 338 g/mol. The predicted molar refractivity (Wildman–Crippen MR) is 72.6 cm³/mol. The average Bonchev–Trinajstić information content (AvgIpc) is 2.47. The average molecular weight is 339 g/mol. The molecule has 1 aliphatic rings. The Bertz CT molecular complexity index is 609. The van der Waals surface area contributed by atoms with Gasteiger partial charge in [-0.2, -0.15) is 5.26 Å². The van der Waals surface area contributed by atoms with Crippen molar-refractivity contribution in [2.45, 2.75) is 0 Å². The Morgan fingerprint density at radius 1 is 1.40 bits per heavy atom. The minimum atomic E-state index is -1.38. The van der Waals surface area contributed by atoms with Crippen molar-refractivity contribution >= 4 is 27.6 Å². The zero-order chi connectivity index (χ0) is 14.7. The number of nitriles is 1. The zero-order valence-electron chi connectivity index (χ0n) is 10.6. The normalized spacial score (nSPS) is 14.1. The van der Waals surface area contributed by atoms with Gasteiger partial charge in [-0.05, 0) is 28.1 Å². The van der Waals surface area contributed by atoms with Crippen molar-refractivity contribution in [1.29, 1.82) is 5.26 Å². The lowest BCUT2D eigenvalue weighted by Crippen LogP contribution is -2.32. The van der Waals surface area contributed by atoms with Gasteiger partial charge >= 0.3 is 0 Å². The maximum absolute atomic E-state index is 12.2. The largest absolute Gasteiger partial charge is 0.486 e. The highest BCUT2D eigenvalue weighted by atomic mass is 79.9. The smallest absolute Gasteiger partial charge is 0.245 e. The molecule has 0 spiro atoms. The van der Waals surface area contributed by atoms with E-state index >= 15 is 0 Å². The second-order valence-electron chi connectivity index (χ2n) is 4.02. The molecule has 1 unspecified atom stereocenters. The van der Waals surface area contributed by atoms with Gasteiger partial charge in [0.2, 0.25) is 5.91 Å². The molecular weight excluding hydrogens is 328 g/mol. The summed E-state index contributed by atoms with van der Waals surface area (Å²) in [7, 11) is 1.37. The summed E-state index contributed by atoms with van der Waals surface area (Å²) >= 11 is 3.29. The van der Waals surface area contributed by atoms with Crippen LogP contribution in [0.4, 0.5) is 0 Å². The van der Waals surface area contributed by atoms with Crippen molar-refractivity contribution in [3.05, 3.63) is 22.2 Å². The van der Waals surface area contributed by atoms with Crippen molar-refractivity contribution < 1.29 is 19.1 Å². The number of rotatable bonds is 3. The zero-order valence-corrected chi connectivity index (χ0v) is 12.2. The van der Waals surface area contributed by atoms with Crippen LogP contribution in [0.5, 0.6) is 11.5 Å². The van der Waals surface area contributed by atoms with Crippen LogP contribution in [0, 0.1) is 17.2 Å². The van der Waals surface area contributed by atoms with Crippen LogP contribution in [-0.2, 0) is 4.79 Å². The van der Waals surface area contributed by atoms with Crippen molar-refractivity contribution in [2.24, 2.45) is 5.92 Å². The number of nitrogens with zero attached hydrogens (tertiary/aromatic N) is 1. The molecule has 0 saturated heterocycles. The third-order valence-corrected chi connectivity index (χ3v) is 3.37. The molecule has 2 rings (SSSR count). The van der Waals surface area contributed by atoms with E-state index in [1.165, 1.54) is 19.2 Å². The van der Waals surface area contributed by atoms with Crippen LogP contribution in [0.3, 0.4) is 0 Å². The number of benzene rings is 1. The van der Waals surface area contributed by atoms with Gasteiger partial charge < -0.3 is 14.8 Å². The number of nitrogens with one attached hydrogen (secondary N) is 1. The van der Waals surface area contributed by atoms with Gasteiger partial charge in [0.05, 0.1) is 10.5 Å². The van der Waals surface area contributed by atoms with Crippen LogP contribution in [0.2, 0.25) is 0 Å². The summed E-state index contributed by atoms with van der Waals surface area (Å²) in [6, 6.07) is 4.70. The van der Waals surface area contributed by atoms with Crippen molar-refractivity contribution in [2.75, 3.05) is 20.3 Å². The van der Waals surface area contributed by atoms with E-state index in [0.717, 1.165) is 0 Å². The van der Waals surface area contributed by atoms with Gasteiger partial charge in [-0.15, -0.1) is 0 Å². The molecule has 0 aliphatic carbocycles. The second kappa shape index (κ2) is 5.92. The maximum atomic E-state index is 12.2. The lowest BCUT2D eigenvalue weighted by molar-refractivity contribution is -0.121. The second-order valence-corrected chi connectivity index (χ2v) is 4.88. The fraction of sp³-hybridized carbons (Fsp3) is 0.308. The molecule has 1 heterocycles. The number of halogens is 1. The van der Waals surface area contributed by atoms with Gasteiger partial charge in [-0.25, -0.2) is 0 Å². The number of hydrogen-bond donors (Lipinski definition) is 1. The van der Waals surface area contributed by atoms with Crippen molar-refractivity contribution in [3.8, 4) is 17.6 Å². The molecule has 104 valence electrons. The van der Waals surface area contributed by atoms with E-state index in [9.17, 15) is 9.59 Å². The summed E-state index contributed by atoms with van der Waals surface area (Å²) in [5.41, 5.74) is 0.219. The van der Waals surface area contributed by atoms with Crippen LogP contribution >= 0.6 is 15.9 Å². The lowest BCUT2D eigenvalue weighted by atomic mass is 9.97. The molecule has 20 heavy (non-hydrogen) atoms. The molecular formula is C13H11BrN2O4. The predicted octanol–water partition coefficient (Wildman–Crippen LogP) is 1.29. The molecule has 0 radical (unpaired) electrons. The van der Waals surface area contributed by atoms with Crippen LogP contribution in [-0.4, -0.2) is 32.0 Å². The molecule has 0 fully saturated rings. The quantitative estimate of drug-likeness (QED) is 0.662. The van der Waals surface area contributed by atoms with Gasteiger partial charge in [0, 0.05) is 12.6 Å². The summed E-state index contributed by atoms with van der Waals surface area (Å²) in [4.78, 5) is 23.7. The molecule has 1 aromatic carbocycles. The molecule has 6 nitrogen and oxygen atoms in total. The molecule has 1 aliphatic heterocycles. The van der Waals surface area contributed by atoms with E-state index in [0.29, 0.717) is 29.2 Å². The van der Waals surface area contributed by atoms with Crippen LogP contribution in [0.1, 0.15) is 10.4 Å². The number of fused-ring (bicyclic) bond motifs is 1. The van der Waals surface area contributed by atoms with Crippen LogP contribution in [0.15, 0.2) is 16.6 Å². The number of carbonyl (C=O) groups is 2. The van der Waals surface area contributed by atoms with E-state index in [4.69, 9.17) is 14.7 Å². The Kier molecular flexibility index (Phi) is 4.25. The summed E-state index contributed by atoms with van der Waals surface area (Å²) in [6.45, 7) is 0.812. The van der Waals surface area contributed by atoms with E-state index in [1.807, 2.05) is 0 Å². The maximum Gasteiger partial charge on any atom is 0.245 e. The number of ketones is 1. The molecule has 0 aromatic heterocycles. The number of amides is 1. The van der Waals surface area contributed by atoms with E-state index in [1.54, 1.807) is 6.07 Å². The summed E-state index contributed by atoms with van der Waals surface area (Å²) in [5, 5.41) is 11.3. The first-order chi connectivity index (χ1) is 9.58. The van der Waals surface area contributed by atoms with Gasteiger partial charge in [-0.3, -0.25) is 9.59 Å². The number of carbonyl (C=O) groups excluding carboxylic acids is 2. The summed E-state index contributed by atoms with van der Waals surface area (Å²) < 4.78 is 11.4. The fourth-order valence-electron chi connectivity index (χ4n) is 1.80. The molecule has 1 aromatic rings. The molecule has 0 saturated carbocycles. The molecule has 0 bridgehead atoms. The Balaban J connectivity index is 2.38. The lowest BCUT2D eigenvalue weighted by Gasteiger charge is -2.20. The Morgan fingerprint density at radius 2 is 2.10 bits per heavy atom. The van der Waals surface area contributed by atoms with Crippen LogP contribution in [0.25, 0.3) is 0 Å². The Morgan fingerprint density at radius 3 is 2.75 bits per heavy atom. The van der Waals surface area contributed by atoms with Crippen LogP contribution < -0.4 is 14.8 Å². The first-order valence-corrected chi connectivity index (χ1v) is 6.62. The van der Waals surface area contributed by atoms with Gasteiger partial charge in [0.15, 0.2) is 23.2 Å². The number of hydrogen-bond acceptors (Lipinski definition) is 5. The van der Waals surface area contributed by atoms with E-state index in [2.05, 4.69) is 21.2 Å². The van der Waals surface area contributed by atoms with Gasteiger partial charge in [0.25, 0.3) is 0 Å². The number of Topliss-reactive ketones (excluding diaryl/α,β-unsaturated/α-hetero) is 1. The molecule has 1 amide bonds. The Labute approximate surface area is 123 Å². The highest BCUT2D eigenvalue weighted by molar-refractivity contribution is 9.10. The SMILES string of the molecule is CNC(=O)C(C#N)C(=O)c1cc(Br)c2c(c1)OCCO2. The molecule has 7 heteroatoms. The minimum Gasteiger partial charge on any atom is -0.486 e. The fourth-order valence-corrected chi connectivity index (χ4v) is 2.36. The first kappa shape index (κ1) is 14.3. The highest BCUT2D eigenvalue weighted by Crippen LogP contribution is 2.38. The first-order valence-electron chi connectivity index (χ1n) is 5.83. The van der Waals surface area contributed by atoms with Crippen molar-refractivity contribution in [1.82, 2.24) is 5.32 Å². The standard InChI is InChI=1S/C13H11BrN2O4/c1-16-13(18)8(6-15)11(17)7-4-9(14)12-10(5-7)19-2-3-20-12/h4-5,8H,2-3H2,1H3,(H,16,18). The third kappa shape index (κ3) is 2.60. The molecule has 1 N–H and O–H groups in total. The minimum absolute atomic E-state index is 0.219. The molecule has 1 atom stereocenters. The third-order valence-electron chi connectivity index (χ3n) is 2.78. The summed E-state index contributed by atoms with van der Waals surface area (Å²) in [5.74, 6) is -1.66. The highest BCUT2D eigenvalue weighted by Gasteiger charge is 2.28.